The van der Waals surface area contributed by atoms with Crippen molar-refractivity contribution in [3.05, 3.63) is 35.4 Å². The Bertz CT molecular complexity index is 379. The van der Waals surface area contributed by atoms with E-state index in [9.17, 15) is 0 Å². The van der Waals surface area contributed by atoms with Crippen molar-refractivity contribution in [3.63, 3.8) is 0 Å². The van der Waals surface area contributed by atoms with Crippen LogP contribution in [0.2, 0.25) is 0 Å². The summed E-state index contributed by atoms with van der Waals surface area (Å²) in [6.07, 6.45) is 0.987. The molecule has 0 aliphatic heterocycles. The van der Waals surface area contributed by atoms with Gasteiger partial charge in [0.1, 0.15) is 0 Å². The van der Waals surface area contributed by atoms with Crippen LogP contribution in [0.15, 0.2) is 24.3 Å². The lowest BCUT2D eigenvalue weighted by Crippen LogP contribution is -2.33. The fraction of sp³-hybridized carbons (Fsp3) is 0.647. The van der Waals surface area contributed by atoms with E-state index < -0.39 is 0 Å². The van der Waals surface area contributed by atoms with Crippen molar-refractivity contribution in [2.45, 2.75) is 33.2 Å². The first kappa shape index (κ1) is 17.2. The van der Waals surface area contributed by atoms with E-state index in [0.29, 0.717) is 5.92 Å². The predicted octanol–water partition coefficient (Wildman–Crippen LogP) is 2.99. The quantitative estimate of drug-likeness (QED) is 0.754. The molecular weight excluding hydrogens is 248 g/mol. The van der Waals surface area contributed by atoms with E-state index in [1.165, 1.54) is 11.1 Å². The van der Waals surface area contributed by atoms with E-state index in [2.05, 4.69) is 49.9 Å². The topological polar surface area (TPSA) is 38.5 Å². The van der Waals surface area contributed by atoms with Crippen LogP contribution in [0.3, 0.4) is 0 Å². The zero-order valence-corrected chi connectivity index (χ0v) is 13.4. The summed E-state index contributed by atoms with van der Waals surface area (Å²) in [4.78, 5) is 2.45. The molecule has 0 heterocycles. The fourth-order valence-corrected chi connectivity index (χ4v) is 2.51. The monoisotopic (exact) mass is 278 g/mol. The second kappa shape index (κ2) is 9.11. The Balaban J connectivity index is 2.51. The van der Waals surface area contributed by atoms with Gasteiger partial charge in [-0.3, -0.25) is 0 Å². The lowest BCUT2D eigenvalue weighted by atomic mass is 9.99. The summed E-state index contributed by atoms with van der Waals surface area (Å²) in [5.74, 6) is 0.668. The number of hydrogen-bond acceptors (Lipinski definition) is 3. The first-order valence-electron chi connectivity index (χ1n) is 7.57. The van der Waals surface area contributed by atoms with Gasteiger partial charge in [-0.05, 0) is 30.4 Å². The zero-order valence-electron chi connectivity index (χ0n) is 13.4. The van der Waals surface area contributed by atoms with Crippen molar-refractivity contribution >= 4 is 0 Å². The molecule has 2 N–H and O–H groups in total. The van der Waals surface area contributed by atoms with Crippen molar-refractivity contribution in [2.75, 3.05) is 33.4 Å². The highest BCUT2D eigenvalue weighted by Crippen LogP contribution is 2.18. The van der Waals surface area contributed by atoms with Gasteiger partial charge < -0.3 is 15.4 Å². The molecule has 0 aliphatic carbocycles. The molecule has 0 bridgehead atoms. The lowest BCUT2D eigenvalue weighted by Gasteiger charge is -2.25. The van der Waals surface area contributed by atoms with Crippen LogP contribution < -0.4 is 5.73 Å². The third-order valence-corrected chi connectivity index (χ3v) is 3.58. The van der Waals surface area contributed by atoms with Gasteiger partial charge in [0, 0.05) is 32.8 Å². The highest BCUT2D eigenvalue weighted by atomic mass is 16.5. The van der Waals surface area contributed by atoms with Gasteiger partial charge in [0.2, 0.25) is 0 Å². The van der Waals surface area contributed by atoms with Gasteiger partial charge in [-0.1, -0.05) is 38.1 Å². The minimum Gasteiger partial charge on any atom is -0.383 e. The first-order valence-corrected chi connectivity index (χ1v) is 7.57. The summed E-state index contributed by atoms with van der Waals surface area (Å²) in [7, 11) is 1.76. The molecule has 0 amide bonds. The summed E-state index contributed by atoms with van der Waals surface area (Å²) < 4.78 is 5.19. The standard InChI is InChI=1S/C17H30N2O/c1-14(2)13-19(11-12-20-4)10-9-17(18)16-8-6-5-7-15(16)3/h5-8,14,17H,9-13,18H2,1-4H3. The third-order valence-electron chi connectivity index (χ3n) is 3.58. The Morgan fingerprint density at radius 1 is 1.20 bits per heavy atom. The molecule has 20 heavy (non-hydrogen) atoms. The number of rotatable bonds is 9. The molecule has 1 unspecified atom stereocenters. The van der Waals surface area contributed by atoms with Crippen LogP contribution in [0.25, 0.3) is 0 Å². The van der Waals surface area contributed by atoms with Gasteiger partial charge in [-0.15, -0.1) is 0 Å². The van der Waals surface area contributed by atoms with Gasteiger partial charge in [0.25, 0.3) is 0 Å². The van der Waals surface area contributed by atoms with E-state index in [-0.39, 0.29) is 6.04 Å². The average molecular weight is 278 g/mol. The van der Waals surface area contributed by atoms with Gasteiger partial charge in [-0.2, -0.15) is 0 Å². The largest absolute Gasteiger partial charge is 0.383 e. The Morgan fingerprint density at radius 3 is 2.50 bits per heavy atom. The number of benzene rings is 1. The molecule has 1 rings (SSSR count). The smallest absolute Gasteiger partial charge is 0.0589 e. The molecule has 114 valence electrons. The number of methoxy groups -OCH3 is 1. The third kappa shape index (κ3) is 6.04. The fourth-order valence-electron chi connectivity index (χ4n) is 2.51. The highest BCUT2D eigenvalue weighted by molar-refractivity contribution is 5.28. The van der Waals surface area contributed by atoms with Gasteiger partial charge in [-0.25, -0.2) is 0 Å². The van der Waals surface area contributed by atoms with E-state index in [4.69, 9.17) is 10.5 Å². The zero-order chi connectivity index (χ0) is 15.0. The number of nitrogens with zero attached hydrogens (tertiary/aromatic N) is 1. The van der Waals surface area contributed by atoms with Crippen LogP contribution >= 0.6 is 0 Å². The Hall–Kier alpha value is -0.900. The molecule has 0 spiro atoms. The van der Waals surface area contributed by atoms with E-state index in [1.807, 2.05) is 0 Å². The SMILES string of the molecule is COCCN(CCC(N)c1ccccc1C)CC(C)C. The van der Waals surface area contributed by atoms with Crippen molar-refractivity contribution in [1.29, 1.82) is 0 Å². The molecule has 0 aromatic heterocycles. The van der Waals surface area contributed by atoms with Crippen LogP contribution in [0.4, 0.5) is 0 Å². The average Bonchev–Trinajstić information content (AvgIpc) is 2.41. The van der Waals surface area contributed by atoms with Gasteiger partial charge >= 0.3 is 0 Å². The lowest BCUT2D eigenvalue weighted by molar-refractivity contribution is 0.138. The van der Waals surface area contributed by atoms with Gasteiger partial charge in [0.15, 0.2) is 0 Å². The van der Waals surface area contributed by atoms with E-state index in [0.717, 1.165) is 32.7 Å². The Labute approximate surface area is 124 Å². The number of ether oxygens (including phenoxy) is 1. The summed E-state index contributed by atoms with van der Waals surface area (Å²) in [5.41, 5.74) is 8.90. The molecule has 3 nitrogen and oxygen atoms in total. The maximum Gasteiger partial charge on any atom is 0.0589 e. The normalized spacial score (nSPS) is 13.2. The molecule has 0 radical (unpaired) electrons. The van der Waals surface area contributed by atoms with Crippen molar-refractivity contribution in [1.82, 2.24) is 4.90 Å². The van der Waals surface area contributed by atoms with Crippen LogP contribution in [-0.4, -0.2) is 38.3 Å². The minimum absolute atomic E-state index is 0.119. The van der Waals surface area contributed by atoms with Crippen LogP contribution in [0.1, 0.15) is 37.4 Å². The molecule has 0 aliphatic rings. The number of hydrogen-bond donors (Lipinski definition) is 1. The maximum absolute atomic E-state index is 6.35. The molecule has 1 aromatic rings. The maximum atomic E-state index is 6.35. The molecule has 0 saturated carbocycles. The molecule has 1 aromatic carbocycles. The number of nitrogens with two attached hydrogens (primary N) is 1. The summed E-state index contributed by atoms with van der Waals surface area (Å²) >= 11 is 0. The molecular formula is C17H30N2O. The van der Waals surface area contributed by atoms with Crippen LogP contribution in [0.5, 0.6) is 0 Å². The van der Waals surface area contributed by atoms with Crippen molar-refractivity contribution in [2.24, 2.45) is 11.7 Å². The summed E-state index contributed by atoms with van der Waals surface area (Å²) in [5, 5.41) is 0. The van der Waals surface area contributed by atoms with Crippen LogP contribution in [0, 0.1) is 12.8 Å². The molecule has 0 saturated heterocycles. The van der Waals surface area contributed by atoms with E-state index in [1.54, 1.807) is 7.11 Å². The van der Waals surface area contributed by atoms with Crippen molar-refractivity contribution < 1.29 is 4.74 Å². The predicted molar refractivity (Wildman–Crippen MR) is 85.9 cm³/mol. The number of aryl methyl sites for hydroxylation is 1. The summed E-state index contributed by atoms with van der Waals surface area (Å²) in [6.45, 7) is 10.5. The second-order valence-electron chi connectivity index (χ2n) is 5.94. The van der Waals surface area contributed by atoms with Crippen LogP contribution in [-0.2, 0) is 4.74 Å². The molecule has 3 heteroatoms. The molecule has 0 fully saturated rings. The minimum atomic E-state index is 0.119. The second-order valence-corrected chi connectivity index (χ2v) is 5.94. The van der Waals surface area contributed by atoms with E-state index >= 15 is 0 Å². The Kier molecular flexibility index (Phi) is 7.82. The Morgan fingerprint density at radius 2 is 1.90 bits per heavy atom. The molecule has 1 atom stereocenters. The van der Waals surface area contributed by atoms with Gasteiger partial charge in [0.05, 0.1) is 6.61 Å². The van der Waals surface area contributed by atoms with Crippen molar-refractivity contribution in [3.8, 4) is 0 Å². The summed E-state index contributed by atoms with van der Waals surface area (Å²) in [6, 6.07) is 8.52. The first-order chi connectivity index (χ1) is 9.54. The highest BCUT2D eigenvalue weighted by Gasteiger charge is 2.12.